The van der Waals surface area contributed by atoms with Gasteiger partial charge >= 0.3 is 5.97 Å². The second-order valence-electron chi connectivity index (χ2n) is 5.62. The molecule has 0 radical (unpaired) electrons. The van der Waals surface area contributed by atoms with Crippen LogP contribution in [0.5, 0.6) is 0 Å². The fourth-order valence-corrected chi connectivity index (χ4v) is 2.86. The van der Waals surface area contributed by atoms with Crippen LogP contribution < -0.4 is 5.32 Å². The van der Waals surface area contributed by atoms with E-state index in [0.717, 1.165) is 25.3 Å². The van der Waals surface area contributed by atoms with Crippen molar-refractivity contribution in [1.82, 2.24) is 10.2 Å². The first kappa shape index (κ1) is 12.8. The second-order valence-corrected chi connectivity index (χ2v) is 5.62. The number of carboxylic acids is 1. The molecular weight excluding hydrogens is 216 g/mol. The van der Waals surface area contributed by atoms with Gasteiger partial charge in [0.2, 0.25) is 0 Å². The lowest BCUT2D eigenvalue weighted by Gasteiger charge is -2.35. The topological polar surface area (TPSA) is 52.6 Å². The number of aliphatic carboxylic acids is 1. The predicted octanol–water partition coefficient (Wildman–Crippen LogP) is 1.17. The Labute approximate surface area is 103 Å². The van der Waals surface area contributed by atoms with E-state index in [-0.39, 0.29) is 12.0 Å². The van der Waals surface area contributed by atoms with Crippen molar-refractivity contribution in [2.24, 2.45) is 11.8 Å². The van der Waals surface area contributed by atoms with Crippen LogP contribution in [0.25, 0.3) is 0 Å². The summed E-state index contributed by atoms with van der Waals surface area (Å²) in [5.41, 5.74) is 0. The van der Waals surface area contributed by atoms with Crippen LogP contribution in [0.3, 0.4) is 0 Å². The van der Waals surface area contributed by atoms with Gasteiger partial charge in [0.05, 0.1) is 5.92 Å². The van der Waals surface area contributed by atoms with Gasteiger partial charge in [0.1, 0.15) is 0 Å². The number of hydrogen-bond acceptors (Lipinski definition) is 3. The SMILES string of the molecule is CN1CCC(CCNC2CCC2C(=O)O)CC1. The molecule has 2 aliphatic rings. The fraction of sp³-hybridized carbons (Fsp3) is 0.923. The number of rotatable bonds is 5. The molecule has 1 aliphatic carbocycles. The molecule has 1 saturated carbocycles. The molecule has 0 aromatic rings. The van der Waals surface area contributed by atoms with Crippen molar-refractivity contribution >= 4 is 5.97 Å². The van der Waals surface area contributed by atoms with Gasteiger partial charge in [0, 0.05) is 6.04 Å². The number of nitrogens with one attached hydrogen (secondary N) is 1. The maximum atomic E-state index is 10.8. The van der Waals surface area contributed by atoms with Crippen LogP contribution in [0.1, 0.15) is 32.1 Å². The lowest BCUT2D eigenvalue weighted by atomic mass is 9.79. The molecule has 2 rings (SSSR count). The monoisotopic (exact) mass is 240 g/mol. The van der Waals surface area contributed by atoms with Gasteiger partial charge in [-0.15, -0.1) is 0 Å². The molecule has 17 heavy (non-hydrogen) atoms. The lowest BCUT2D eigenvalue weighted by Crippen LogP contribution is -2.48. The van der Waals surface area contributed by atoms with E-state index >= 15 is 0 Å². The van der Waals surface area contributed by atoms with Gasteiger partial charge in [0.15, 0.2) is 0 Å². The molecule has 0 amide bonds. The van der Waals surface area contributed by atoms with E-state index in [1.807, 2.05) is 0 Å². The van der Waals surface area contributed by atoms with Crippen molar-refractivity contribution < 1.29 is 9.90 Å². The summed E-state index contributed by atoms with van der Waals surface area (Å²) < 4.78 is 0. The summed E-state index contributed by atoms with van der Waals surface area (Å²) in [6.45, 7) is 3.42. The van der Waals surface area contributed by atoms with Crippen molar-refractivity contribution in [3.05, 3.63) is 0 Å². The number of carbonyl (C=O) groups is 1. The van der Waals surface area contributed by atoms with Crippen LogP contribution in [-0.4, -0.2) is 48.7 Å². The van der Waals surface area contributed by atoms with E-state index in [0.29, 0.717) is 0 Å². The number of piperidine rings is 1. The smallest absolute Gasteiger partial charge is 0.308 e. The van der Waals surface area contributed by atoms with Crippen molar-refractivity contribution in [2.45, 2.75) is 38.1 Å². The number of hydrogen-bond donors (Lipinski definition) is 2. The Bertz CT molecular complexity index is 262. The Balaban J connectivity index is 1.58. The third kappa shape index (κ3) is 3.42. The highest BCUT2D eigenvalue weighted by atomic mass is 16.4. The fourth-order valence-electron chi connectivity index (χ4n) is 2.86. The molecule has 4 nitrogen and oxygen atoms in total. The van der Waals surface area contributed by atoms with Crippen molar-refractivity contribution in [3.8, 4) is 0 Å². The standard InChI is InChI=1S/C13H24N2O2/c1-15-8-5-10(6-9-15)4-7-14-12-3-2-11(12)13(16)17/h10-12,14H,2-9H2,1H3,(H,16,17). The highest BCUT2D eigenvalue weighted by Crippen LogP contribution is 2.28. The molecule has 0 aromatic heterocycles. The molecular formula is C13H24N2O2. The number of carboxylic acid groups (broad SMARTS) is 1. The average Bonchev–Trinajstić information content (AvgIpc) is 2.24. The molecule has 2 N–H and O–H groups in total. The van der Waals surface area contributed by atoms with Crippen LogP contribution in [0.4, 0.5) is 0 Å². The Kier molecular flexibility index (Phi) is 4.40. The molecule has 0 bridgehead atoms. The minimum Gasteiger partial charge on any atom is -0.481 e. The first-order valence-electron chi connectivity index (χ1n) is 6.81. The van der Waals surface area contributed by atoms with E-state index in [1.54, 1.807) is 0 Å². The molecule has 1 saturated heterocycles. The Morgan fingerprint density at radius 1 is 1.29 bits per heavy atom. The van der Waals surface area contributed by atoms with Crippen LogP contribution in [0.15, 0.2) is 0 Å². The maximum Gasteiger partial charge on any atom is 0.308 e. The van der Waals surface area contributed by atoms with Gasteiger partial charge in [-0.05, 0) is 64.7 Å². The lowest BCUT2D eigenvalue weighted by molar-refractivity contribution is -0.146. The zero-order valence-corrected chi connectivity index (χ0v) is 10.7. The normalized spacial score (nSPS) is 31.1. The maximum absolute atomic E-state index is 10.8. The first-order valence-corrected chi connectivity index (χ1v) is 6.81. The Morgan fingerprint density at radius 3 is 2.53 bits per heavy atom. The van der Waals surface area contributed by atoms with Gasteiger partial charge in [-0.3, -0.25) is 4.79 Å². The highest BCUT2D eigenvalue weighted by Gasteiger charge is 2.35. The molecule has 1 aliphatic heterocycles. The molecule has 2 fully saturated rings. The molecule has 98 valence electrons. The van der Waals surface area contributed by atoms with Gasteiger partial charge in [-0.1, -0.05) is 0 Å². The number of nitrogens with zero attached hydrogens (tertiary/aromatic N) is 1. The third-order valence-electron chi connectivity index (χ3n) is 4.39. The number of likely N-dealkylation sites (tertiary alicyclic amines) is 1. The van der Waals surface area contributed by atoms with Crippen LogP contribution >= 0.6 is 0 Å². The molecule has 0 aromatic carbocycles. The van der Waals surface area contributed by atoms with Gasteiger partial charge < -0.3 is 15.3 Å². The molecule has 2 atom stereocenters. The molecule has 1 heterocycles. The quantitative estimate of drug-likeness (QED) is 0.757. The van der Waals surface area contributed by atoms with Crippen molar-refractivity contribution in [2.75, 3.05) is 26.7 Å². The minimum atomic E-state index is -0.631. The van der Waals surface area contributed by atoms with E-state index < -0.39 is 5.97 Å². The van der Waals surface area contributed by atoms with Crippen LogP contribution in [0, 0.1) is 11.8 Å². The molecule has 0 spiro atoms. The van der Waals surface area contributed by atoms with Gasteiger partial charge in [-0.25, -0.2) is 0 Å². The Morgan fingerprint density at radius 2 is 2.00 bits per heavy atom. The van der Waals surface area contributed by atoms with Gasteiger partial charge in [-0.2, -0.15) is 0 Å². The zero-order valence-electron chi connectivity index (χ0n) is 10.7. The molecule has 2 unspecified atom stereocenters. The van der Waals surface area contributed by atoms with E-state index in [1.165, 1.54) is 32.4 Å². The van der Waals surface area contributed by atoms with E-state index in [4.69, 9.17) is 5.11 Å². The van der Waals surface area contributed by atoms with Crippen LogP contribution in [-0.2, 0) is 4.79 Å². The highest BCUT2D eigenvalue weighted by molar-refractivity contribution is 5.72. The summed E-state index contributed by atoms with van der Waals surface area (Å²) in [7, 11) is 2.18. The van der Waals surface area contributed by atoms with Crippen molar-refractivity contribution in [1.29, 1.82) is 0 Å². The van der Waals surface area contributed by atoms with E-state index in [2.05, 4.69) is 17.3 Å². The average molecular weight is 240 g/mol. The van der Waals surface area contributed by atoms with Crippen molar-refractivity contribution in [3.63, 3.8) is 0 Å². The summed E-state index contributed by atoms with van der Waals surface area (Å²) >= 11 is 0. The third-order valence-corrected chi connectivity index (χ3v) is 4.39. The van der Waals surface area contributed by atoms with Crippen LogP contribution in [0.2, 0.25) is 0 Å². The summed E-state index contributed by atoms with van der Waals surface area (Å²) in [4.78, 5) is 13.2. The second kappa shape index (κ2) is 5.83. The predicted molar refractivity (Wildman–Crippen MR) is 67.0 cm³/mol. The minimum absolute atomic E-state index is 0.132. The Hall–Kier alpha value is -0.610. The molecule has 4 heteroatoms. The van der Waals surface area contributed by atoms with Gasteiger partial charge in [0.25, 0.3) is 0 Å². The summed E-state index contributed by atoms with van der Waals surface area (Å²) in [6, 6.07) is 0.235. The summed E-state index contributed by atoms with van der Waals surface area (Å²) in [5, 5.41) is 12.3. The first-order chi connectivity index (χ1) is 8.16. The zero-order chi connectivity index (χ0) is 12.3. The summed E-state index contributed by atoms with van der Waals surface area (Å²) in [6.07, 6.45) is 5.68. The van der Waals surface area contributed by atoms with E-state index in [9.17, 15) is 4.79 Å². The summed E-state index contributed by atoms with van der Waals surface area (Å²) in [5.74, 6) is 0.0718. The largest absolute Gasteiger partial charge is 0.481 e.